The topological polar surface area (TPSA) is 86.6 Å². The number of aliphatic hydroxyl groups is 2. The van der Waals surface area contributed by atoms with Gasteiger partial charge in [0.1, 0.15) is 24.7 Å². The lowest BCUT2D eigenvalue weighted by atomic mass is 9.53. The Balaban J connectivity index is 0.590. The smallest absolute Gasteiger partial charge is 0.120 e. The molecule has 0 saturated heterocycles. The van der Waals surface area contributed by atoms with E-state index in [0.717, 1.165) is 101 Å². The number of fused-ring (bicyclic) bond motifs is 10. The molecule has 10 atom stereocenters. The third-order valence-corrected chi connectivity index (χ3v) is 19.0. The van der Waals surface area contributed by atoms with Crippen molar-refractivity contribution in [1.29, 1.82) is 0 Å². The van der Waals surface area contributed by atoms with Crippen LogP contribution in [-0.4, -0.2) is 61.1 Å². The molecule has 4 aromatic rings. The van der Waals surface area contributed by atoms with Crippen LogP contribution in [0.25, 0.3) is 0 Å². The van der Waals surface area contributed by atoms with Crippen molar-refractivity contribution in [3.63, 3.8) is 0 Å². The van der Waals surface area contributed by atoms with Crippen LogP contribution in [0.1, 0.15) is 149 Å². The van der Waals surface area contributed by atoms with Gasteiger partial charge in [0.05, 0.1) is 37.6 Å². The lowest BCUT2D eigenvalue weighted by Gasteiger charge is -2.53. The minimum Gasteiger partial charge on any atom is -0.489 e. The highest BCUT2D eigenvalue weighted by Crippen LogP contribution is 2.67. The average molecular weight is 911 g/mol. The van der Waals surface area contributed by atoms with Crippen LogP contribution in [0.15, 0.2) is 97.1 Å². The molecule has 0 bridgehead atoms. The van der Waals surface area contributed by atoms with Crippen LogP contribution < -0.4 is 9.47 Å². The first kappa shape index (κ1) is 47.0. The van der Waals surface area contributed by atoms with E-state index in [2.05, 4.69) is 98.8 Å². The van der Waals surface area contributed by atoms with E-state index in [9.17, 15) is 10.2 Å². The van der Waals surface area contributed by atoms with Gasteiger partial charge in [-0.15, -0.1) is 0 Å². The molecule has 360 valence electrons. The molecular weight excluding hydrogens is 833 g/mol. The second kappa shape index (κ2) is 20.3. The zero-order valence-corrected chi connectivity index (χ0v) is 40.6. The first-order chi connectivity index (χ1) is 32.7. The van der Waals surface area contributed by atoms with Crippen LogP contribution in [0.3, 0.4) is 0 Å². The Bertz CT molecular complexity index is 2090. The summed E-state index contributed by atoms with van der Waals surface area (Å²) in [6.07, 6.45) is 16.5. The van der Waals surface area contributed by atoms with Crippen LogP contribution >= 0.6 is 0 Å². The number of aryl methyl sites for hydroxylation is 2. The molecule has 6 aliphatic rings. The largest absolute Gasteiger partial charge is 0.489 e. The Morgan fingerprint density at radius 2 is 0.896 bits per heavy atom. The summed E-state index contributed by atoms with van der Waals surface area (Å²) in [4.78, 5) is 0. The van der Waals surface area contributed by atoms with E-state index in [1.807, 2.05) is 12.1 Å². The minimum atomic E-state index is -0.616. The van der Waals surface area contributed by atoms with Crippen molar-refractivity contribution in [2.45, 2.75) is 153 Å². The van der Waals surface area contributed by atoms with Crippen molar-refractivity contribution in [2.75, 3.05) is 39.6 Å². The fraction of sp³-hybridized carbons (Fsp3) is 0.600. The normalized spacial score (nSPS) is 32.6. The predicted molar refractivity (Wildman–Crippen MR) is 264 cm³/mol. The number of benzene rings is 4. The van der Waals surface area contributed by atoms with Gasteiger partial charge in [0.15, 0.2) is 0 Å². The summed E-state index contributed by atoms with van der Waals surface area (Å²) >= 11 is 0. The van der Waals surface area contributed by atoms with E-state index >= 15 is 0 Å². The Hall–Kier alpha value is -3.72. The van der Waals surface area contributed by atoms with Crippen molar-refractivity contribution < 1.29 is 33.9 Å². The molecule has 4 saturated carbocycles. The molecule has 0 aromatic heterocycles. The third kappa shape index (κ3) is 9.51. The summed E-state index contributed by atoms with van der Waals surface area (Å²) in [7, 11) is 0. The van der Waals surface area contributed by atoms with Crippen LogP contribution in [0.2, 0.25) is 0 Å². The van der Waals surface area contributed by atoms with E-state index < -0.39 is 11.2 Å². The van der Waals surface area contributed by atoms with Crippen molar-refractivity contribution in [1.82, 2.24) is 0 Å². The molecule has 0 amide bonds. The highest BCUT2D eigenvalue weighted by Gasteiger charge is 2.62. The Labute approximate surface area is 401 Å². The Kier molecular flexibility index (Phi) is 14.2. The van der Waals surface area contributed by atoms with E-state index in [0.29, 0.717) is 88.4 Å². The summed E-state index contributed by atoms with van der Waals surface area (Å²) in [5, 5.41) is 24.4. The molecule has 7 nitrogen and oxygen atoms in total. The number of hydrogen-bond donors (Lipinski definition) is 2. The van der Waals surface area contributed by atoms with E-state index in [1.54, 1.807) is 0 Å². The van der Waals surface area contributed by atoms with Gasteiger partial charge in [-0.3, -0.25) is 0 Å². The van der Waals surface area contributed by atoms with Crippen LogP contribution in [0.4, 0.5) is 0 Å². The van der Waals surface area contributed by atoms with Crippen molar-refractivity contribution in [3.8, 4) is 11.5 Å². The third-order valence-electron chi connectivity index (χ3n) is 19.0. The van der Waals surface area contributed by atoms with Gasteiger partial charge in [0, 0.05) is 13.2 Å². The SMILES string of the molecule is C[C@]12CC[C@@H]3c4ccc(OCc5ccccc5)cc4CC[C@H]3[C@@H]1CC[C@@]2(O)CCCOCCOCCOCCC[C@]1(O)CC[C@H]2[C@@H]3CCc4cc(OCc5ccccc5)ccc4[C@H]3CC[C@@]21C. The lowest BCUT2D eigenvalue weighted by Crippen LogP contribution is -2.50. The van der Waals surface area contributed by atoms with Crippen molar-refractivity contribution in [2.24, 2.45) is 34.5 Å². The van der Waals surface area contributed by atoms with Crippen molar-refractivity contribution in [3.05, 3.63) is 130 Å². The maximum Gasteiger partial charge on any atom is 0.120 e. The van der Waals surface area contributed by atoms with Gasteiger partial charge < -0.3 is 33.9 Å². The zero-order valence-electron chi connectivity index (χ0n) is 40.6. The molecule has 6 aliphatic carbocycles. The zero-order chi connectivity index (χ0) is 45.9. The lowest BCUT2D eigenvalue weighted by molar-refractivity contribution is -0.111. The first-order valence-electron chi connectivity index (χ1n) is 26.4. The summed E-state index contributed by atoms with van der Waals surface area (Å²) in [6.45, 7) is 9.53. The molecule has 2 N–H and O–H groups in total. The quantitative estimate of drug-likeness (QED) is 0.0854. The summed E-state index contributed by atoms with van der Waals surface area (Å²) in [5.74, 6) is 5.55. The minimum absolute atomic E-state index is 0.0315. The van der Waals surface area contributed by atoms with E-state index in [4.69, 9.17) is 23.7 Å². The molecule has 0 aliphatic heterocycles. The molecule has 0 unspecified atom stereocenters. The highest BCUT2D eigenvalue weighted by atomic mass is 16.5. The standard InChI is InChI=1S/C60H78O7/c1-57-29-23-51-49-21-17-47(66-41-43-11-5-3-6-12-43)39-45(49)15-19-53(51)55(57)25-31-59(57,61)27-9-33-63-35-37-65-38-36-64-34-10-28-60(62)32-26-56-54-20-16-46-40-48(67-42-44-13-7-4-8-14-44)18-22-50(46)52(54)24-30-58(56,60)2/h3-8,11-14,17-18,21-22,39-40,51-56,61-62H,9-10,15-16,19-20,23-38,41-42H2,1-2H3/t51-,52-,53-,54-,55+,56+,57+,58+,59+,60+/m1/s1. The van der Waals surface area contributed by atoms with Crippen molar-refractivity contribution >= 4 is 0 Å². The molecule has 0 spiro atoms. The second-order valence-corrected chi connectivity index (χ2v) is 22.2. The van der Waals surface area contributed by atoms with Crippen LogP contribution in [0.5, 0.6) is 11.5 Å². The number of rotatable bonds is 20. The number of ether oxygens (including phenoxy) is 5. The Morgan fingerprint density at radius 1 is 0.478 bits per heavy atom. The maximum atomic E-state index is 12.2. The molecule has 10 rings (SSSR count). The summed E-state index contributed by atoms with van der Waals surface area (Å²) in [5.41, 5.74) is 7.07. The molecule has 4 fully saturated rings. The Morgan fingerprint density at radius 3 is 1.33 bits per heavy atom. The molecule has 7 heteroatoms. The number of hydrogen-bond acceptors (Lipinski definition) is 7. The van der Waals surface area contributed by atoms with Crippen LogP contribution in [-0.2, 0) is 40.3 Å². The highest BCUT2D eigenvalue weighted by molar-refractivity contribution is 5.42. The molecule has 67 heavy (non-hydrogen) atoms. The van der Waals surface area contributed by atoms with Gasteiger partial charge in [-0.1, -0.05) is 86.6 Å². The molecular formula is C60H78O7. The van der Waals surface area contributed by atoms with Crippen LogP contribution in [0, 0.1) is 34.5 Å². The fourth-order valence-electron chi connectivity index (χ4n) is 15.3. The first-order valence-corrected chi connectivity index (χ1v) is 26.4. The van der Waals surface area contributed by atoms with Gasteiger partial charge in [-0.25, -0.2) is 0 Å². The van der Waals surface area contributed by atoms with Gasteiger partial charge in [-0.05, 0) is 207 Å². The summed E-state index contributed by atoms with van der Waals surface area (Å²) < 4.78 is 30.3. The van der Waals surface area contributed by atoms with E-state index in [1.165, 1.54) is 46.2 Å². The van der Waals surface area contributed by atoms with Gasteiger partial charge in [-0.2, -0.15) is 0 Å². The predicted octanol–water partition coefficient (Wildman–Crippen LogP) is 12.3. The second-order valence-electron chi connectivity index (χ2n) is 22.2. The van der Waals surface area contributed by atoms with Gasteiger partial charge in [0.2, 0.25) is 0 Å². The molecule has 0 radical (unpaired) electrons. The van der Waals surface area contributed by atoms with Gasteiger partial charge >= 0.3 is 0 Å². The average Bonchev–Trinajstić information content (AvgIpc) is 3.79. The van der Waals surface area contributed by atoms with Gasteiger partial charge in [0.25, 0.3) is 0 Å². The maximum absolute atomic E-state index is 12.2. The fourth-order valence-corrected chi connectivity index (χ4v) is 15.3. The molecule has 0 heterocycles. The molecule has 4 aromatic carbocycles. The summed E-state index contributed by atoms with van der Waals surface area (Å²) in [6, 6.07) is 34.4. The van der Waals surface area contributed by atoms with E-state index in [-0.39, 0.29) is 10.8 Å². The monoisotopic (exact) mass is 911 g/mol.